The van der Waals surface area contributed by atoms with Crippen LogP contribution in [0.25, 0.3) is 0 Å². The van der Waals surface area contributed by atoms with Crippen molar-refractivity contribution in [3.63, 3.8) is 0 Å². The van der Waals surface area contributed by atoms with Crippen molar-refractivity contribution in [2.24, 2.45) is 0 Å². The molecule has 1 aromatic carbocycles. The summed E-state index contributed by atoms with van der Waals surface area (Å²) in [5, 5.41) is 9.91. The maximum absolute atomic E-state index is 12.8. The molecular weight excluding hydrogens is 320 g/mol. The van der Waals surface area contributed by atoms with E-state index in [1.54, 1.807) is 0 Å². The fourth-order valence-electron chi connectivity index (χ4n) is 1.71. The predicted octanol–water partition coefficient (Wildman–Crippen LogP) is 2.90. The molecule has 1 aromatic rings. The van der Waals surface area contributed by atoms with Crippen LogP contribution in [0.4, 0.5) is 26.3 Å². The zero-order valence-electron chi connectivity index (χ0n) is 10.6. The number of carboxylic acid groups (broad SMARTS) is 1. The number of hydrogen-bond acceptors (Lipinski definition) is 2. The van der Waals surface area contributed by atoms with Crippen LogP contribution in [-0.2, 0) is 15.8 Å². The number of hydrogen-bond donors (Lipinski definition) is 2. The van der Waals surface area contributed by atoms with Gasteiger partial charge in [0.05, 0.1) is 18.0 Å². The van der Waals surface area contributed by atoms with Crippen LogP contribution in [-0.4, -0.2) is 23.2 Å². The molecule has 0 aromatic heterocycles. The van der Waals surface area contributed by atoms with E-state index in [0.29, 0.717) is 6.07 Å². The van der Waals surface area contributed by atoms with Gasteiger partial charge in [0, 0.05) is 0 Å². The Bertz CT molecular complexity index is 567. The molecule has 0 bridgehead atoms. The average molecular weight is 329 g/mol. The molecule has 0 aliphatic rings. The lowest BCUT2D eigenvalue weighted by Gasteiger charge is -2.22. The molecule has 10 heteroatoms. The van der Waals surface area contributed by atoms with Crippen LogP contribution < -0.4 is 5.32 Å². The highest BCUT2D eigenvalue weighted by molar-refractivity contribution is 5.82. The van der Waals surface area contributed by atoms with E-state index in [1.807, 2.05) is 0 Å². The first-order valence-corrected chi connectivity index (χ1v) is 5.68. The fourth-order valence-corrected chi connectivity index (χ4v) is 1.71. The number of aliphatic carboxylic acids is 1. The van der Waals surface area contributed by atoms with Gasteiger partial charge in [0.25, 0.3) is 0 Å². The average Bonchev–Trinajstić information content (AvgIpc) is 2.35. The van der Waals surface area contributed by atoms with Crippen LogP contribution in [0.1, 0.15) is 23.6 Å². The number of amides is 1. The van der Waals surface area contributed by atoms with E-state index in [-0.39, 0.29) is 0 Å². The molecule has 22 heavy (non-hydrogen) atoms. The van der Waals surface area contributed by atoms with Crippen LogP contribution in [0.15, 0.2) is 24.3 Å². The second kappa shape index (κ2) is 6.24. The van der Waals surface area contributed by atoms with Gasteiger partial charge in [0.2, 0.25) is 0 Å². The Labute approximate surface area is 119 Å². The number of rotatable bonds is 4. The van der Waals surface area contributed by atoms with E-state index in [1.165, 1.54) is 5.32 Å². The van der Waals surface area contributed by atoms with Crippen molar-refractivity contribution in [3.8, 4) is 0 Å². The van der Waals surface area contributed by atoms with Crippen molar-refractivity contribution >= 4 is 11.9 Å². The first-order chi connectivity index (χ1) is 9.93. The van der Waals surface area contributed by atoms with Crippen molar-refractivity contribution in [1.29, 1.82) is 0 Å². The highest BCUT2D eigenvalue weighted by Crippen LogP contribution is 2.35. The monoisotopic (exact) mass is 329 g/mol. The maximum atomic E-state index is 12.8. The second-order valence-electron chi connectivity index (χ2n) is 4.21. The van der Waals surface area contributed by atoms with Gasteiger partial charge in [-0.05, 0) is 11.6 Å². The van der Waals surface area contributed by atoms with Gasteiger partial charge in [0.1, 0.15) is 0 Å². The van der Waals surface area contributed by atoms with E-state index in [2.05, 4.69) is 0 Å². The molecular formula is C12H9F6NO3. The molecule has 0 aliphatic carbocycles. The fraction of sp³-hybridized carbons (Fsp3) is 0.333. The summed E-state index contributed by atoms with van der Waals surface area (Å²) in [4.78, 5) is 21.5. The Morgan fingerprint density at radius 1 is 1.09 bits per heavy atom. The molecule has 4 nitrogen and oxygen atoms in total. The molecule has 0 aliphatic heterocycles. The molecule has 1 amide bonds. The van der Waals surface area contributed by atoms with E-state index < -0.39 is 47.8 Å². The Morgan fingerprint density at radius 3 is 2.09 bits per heavy atom. The summed E-state index contributed by atoms with van der Waals surface area (Å²) in [7, 11) is 0. The summed E-state index contributed by atoms with van der Waals surface area (Å²) in [5.41, 5.74) is -2.07. The molecule has 0 saturated carbocycles. The largest absolute Gasteiger partial charge is 0.481 e. The Hall–Kier alpha value is -2.26. The van der Waals surface area contributed by atoms with Gasteiger partial charge in [0.15, 0.2) is 0 Å². The molecule has 0 heterocycles. The first-order valence-electron chi connectivity index (χ1n) is 5.68. The smallest absolute Gasteiger partial charge is 0.471 e. The molecule has 0 saturated heterocycles. The van der Waals surface area contributed by atoms with Crippen molar-refractivity contribution in [3.05, 3.63) is 35.4 Å². The number of nitrogens with one attached hydrogen (secondary N) is 1. The lowest BCUT2D eigenvalue weighted by Crippen LogP contribution is -2.40. The third-order valence-corrected chi connectivity index (χ3v) is 2.58. The highest BCUT2D eigenvalue weighted by atomic mass is 19.4. The van der Waals surface area contributed by atoms with E-state index in [0.717, 1.165) is 18.2 Å². The van der Waals surface area contributed by atoms with E-state index in [9.17, 15) is 35.9 Å². The van der Waals surface area contributed by atoms with Gasteiger partial charge in [-0.15, -0.1) is 0 Å². The summed E-state index contributed by atoms with van der Waals surface area (Å²) in [6.45, 7) is 0. The number of halogens is 6. The minimum Gasteiger partial charge on any atom is -0.481 e. The van der Waals surface area contributed by atoms with Crippen LogP contribution in [0.2, 0.25) is 0 Å². The van der Waals surface area contributed by atoms with Gasteiger partial charge in [-0.3, -0.25) is 9.59 Å². The SMILES string of the molecule is O=C(O)C[C@H](NC(=O)C(F)(F)F)c1ccccc1C(F)(F)F. The van der Waals surface area contributed by atoms with Gasteiger partial charge in [-0.2, -0.15) is 26.3 Å². The van der Waals surface area contributed by atoms with E-state index in [4.69, 9.17) is 5.11 Å². The standard InChI is InChI=1S/C12H9F6NO3/c13-11(14,15)7-4-2-1-3-6(7)8(5-9(20)21)19-10(22)12(16,17)18/h1-4,8H,5H2,(H,19,22)(H,20,21)/t8-/m0/s1. The topological polar surface area (TPSA) is 66.4 Å². The molecule has 0 fully saturated rings. The third-order valence-electron chi connectivity index (χ3n) is 2.58. The lowest BCUT2D eigenvalue weighted by atomic mass is 9.97. The predicted molar refractivity (Wildman–Crippen MR) is 60.6 cm³/mol. The van der Waals surface area contributed by atoms with Crippen LogP contribution in [0.3, 0.4) is 0 Å². The molecule has 2 N–H and O–H groups in total. The second-order valence-corrected chi connectivity index (χ2v) is 4.21. The Morgan fingerprint density at radius 2 is 1.64 bits per heavy atom. The molecule has 0 radical (unpaired) electrons. The summed E-state index contributed by atoms with van der Waals surface area (Å²) < 4.78 is 75.2. The minimum atomic E-state index is -5.34. The summed E-state index contributed by atoms with van der Waals surface area (Å²) in [5.74, 6) is -4.18. The molecule has 122 valence electrons. The van der Waals surface area contributed by atoms with Crippen LogP contribution in [0, 0.1) is 0 Å². The van der Waals surface area contributed by atoms with Gasteiger partial charge < -0.3 is 10.4 Å². The van der Waals surface area contributed by atoms with Gasteiger partial charge in [-0.1, -0.05) is 18.2 Å². The van der Waals surface area contributed by atoms with Crippen molar-refractivity contribution in [1.82, 2.24) is 5.32 Å². The maximum Gasteiger partial charge on any atom is 0.471 e. The Balaban J connectivity index is 3.24. The number of carbonyl (C=O) groups excluding carboxylic acids is 1. The third kappa shape index (κ3) is 4.64. The van der Waals surface area contributed by atoms with Gasteiger partial charge >= 0.3 is 24.2 Å². The molecule has 0 spiro atoms. The number of alkyl halides is 6. The van der Waals surface area contributed by atoms with Crippen LogP contribution in [0.5, 0.6) is 0 Å². The normalized spacial score (nSPS) is 13.5. The van der Waals surface area contributed by atoms with Gasteiger partial charge in [-0.25, -0.2) is 0 Å². The molecule has 1 atom stereocenters. The van der Waals surface area contributed by atoms with Crippen LogP contribution >= 0.6 is 0 Å². The van der Waals surface area contributed by atoms with E-state index >= 15 is 0 Å². The summed E-state index contributed by atoms with van der Waals surface area (Å²) in [6.07, 6.45) is -11.4. The number of carbonyl (C=O) groups is 2. The zero-order valence-corrected chi connectivity index (χ0v) is 10.6. The summed E-state index contributed by atoms with van der Waals surface area (Å²) >= 11 is 0. The number of carboxylic acids is 1. The highest BCUT2D eigenvalue weighted by Gasteiger charge is 2.42. The molecule has 1 rings (SSSR count). The number of benzene rings is 1. The molecule has 0 unspecified atom stereocenters. The summed E-state index contributed by atoms with van der Waals surface area (Å²) in [6, 6.07) is 1.52. The Kier molecular flexibility index (Phi) is 5.05. The minimum absolute atomic E-state index is 0.587. The van der Waals surface area contributed by atoms with Crippen molar-refractivity contribution in [2.45, 2.75) is 24.8 Å². The van der Waals surface area contributed by atoms with Crippen molar-refractivity contribution in [2.75, 3.05) is 0 Å². The lowest BCUT2D eigenvalue weighted by molar-refractivity contribution is -0.174. The first kappa shape index (κ1) is 17.8. The zero-order chi connectivity index (χ0) is 17.1. The van der Waals surface area contributed by atoms with Crippen molar-refractivity contribution < 1.29 is 41.0 Å². The quantitative estimate of drug-likeness (QED) is 0.835.